The summed E-state index contributed by atoms with van der Waals surface area (Å²) >= 11 is 2.28. The van der Waals surface area contributed by atoms with Gasteiger partial charge in [0.15, 0.2) is 0 Å². The fourth-order valence-corrected chi connectivity index (χ4v) is 11.3. The zero-order valence-corrected chi connectivity index (χ0v) is 42.5. The van der Waals surface area contributed by atoms with Crippen molar-refractivity contribution in [3.63, 3.8) is 0 Å². The van der Waals surface area contributed by atoms with Crippen molar-refractivity contribution < 1.29 is 35.1 Å². The topological polar surface area (TPSA) is 38.5 Å². The maximum absolute atomic E-state index is 9.37. The van der Waals surface area contributed by atoms with Gasteiger partial charge in [0.05, 0.1) is 0 Å². The summed E-state index contributed by atoms with van der Waals surface area (Å²) in [6, 6.07) is 54.0. The molecule has 0 spiro atoms. The van der Waals surface area contributed by atoms with Crippen LogP contribution >= 0.6 is 0 Å². The summed E-state index contributed by atoms with van der Waals surface area (Å²) < 4.78 is 83.1. The molecular weight excluding hydrogens is 1050 g/mol. The first-order valence-electron chi connectivity index (χ1n) is 27.8. The molecule has 10 aromatic rings. The third-order valence-corrected chi connectivity index (χ3v) is 14.6. The molecule has 2 aliphatic rings. The normalized spacial score (nSPS) is 14.8. The van der Waals surface area contributed by atoms with E-state index >= 15 is 0 Å². The van der Waals surface area contributed by atoms with E-state index in [0.717, 1.165) is 55.9 Å². The zero-order chi connectivity index (χ0) is 55.6. The van der Waals surface area contributed by atoms with Crippen LogP contribution in [0.4, 0.5) is 22.9 Å². The van der Waals surface area contributed by atoms with Crippen LogP contribution in [0.2, 0.25) is 0 Å². The second kappa shape index (κ2) is 17.1. The van der Waals surface area contributed by atoms with Gasteiger partial charge in [-0.25, -0.2) is 0 Å². The van der Waals surface area contributed by atoms with Crippen molar-refractivity contribution in [3.05, 3.63) is 221 Å². The van der Waals surface area contributed by atoms with Crippen molar-refractivity contribution in [3.8, 4) is 56.4 Å². The molecule has 0 saturated heterocycles. The fraction of sp³-hybridized carbons (Fsp3) is 0.143. The molecule has 6 nitrogen and oxygen atoms in total. The Labute approximate surface area is 439 Å². The molecule has 2 aliphatic heterocycles. The predicted molar refractivity (Wildman–Crippen MR) is 291 cm³/mol. The fourth-order valence-electron chi connectivity index (χ4n) is 10.2. The number of aryl methyl sites for hydroxylation is 1. The van der Waals surface area contributed by atoms with Gasteiger partial charge >= 0.3 is 358 Å². The van der Waals surface area contributed by atoms with Crippen LogP contribution in [0.5, 0.6) is 11.6 Å². The number of fused-ring (bicyclic) bond motifs is 9. The van der Waals surface area contributed by atoms with Crippen molar-refractivity contribution in [1.82, 2.24) is 14.1 Å². The first-order valence-corrected chi connectivity index (χ1v) is 25.0. The Balaban J connectivity index is 1.03. The van der Waals surface area contributed by atoms with Gasteiger partial charge in [-0.2, -0.15) is 0 Å². The van der Waals surface area contributed by atoms with Crippen LogP contribution in [0.3, 0.4) is 0 Å². The first-order chi connectivity index (χ1) is 37.6. The molecule has 0 aliphatic carbocycles. The SMILES string of the molecule is [2H]c1c([2H])c([2H])c(-c2cc(C([2H])([2H])[2H])cc(-c3cc(C(C)(C)C)cc(C(C)(C)C)c3)c2-n2[c](=[Pt])n(-c3cccc(Oc4cccc(N5B6c7ccccc7-c7ccccc7N6c6ccccc65)n4)c3)c3ccccc32)c([2H])c1[2H]. The van der Waals surface area contributed by atoms with Gasteiger partial charge in [-0.15, -0.1) is 0 Å². The number of nitrogens with zero attached hydrogens (tertiary/aromatic N) is 5. The Bertz CT molecular complexity index is 4160. The van der Waals surface area contributed by atoms with Gasteiger partial charge < -0.3 is 0 Å². The van der Waals surface area contributed by atoms with E-state index in [9.17, 15) is 2.74 Å². The van der Waals surface area contributed by atoms with E-state index in [0.29, 0.717) is 32.5 Å². The molecule has 0 bridgehead atoms. The Hall–Kier alpha value is -7.47. The molecule has 0 N–H and O–H groups in total. The third-order valence-electron chi connectivity index (χ3n) is 13.6. The Morgan fingerprint density at radius 3 is 1.86 bits per heavy atom. The van der Waals surface area contributed by atoms with E-state index in [1.165, 1.54) is 17.2 Å². The van der Waals surface area contributed by atoms with Gasteiger partial charge in [0.25, 0.3) is 0 Å². The van der Waals surface area contributed by atoms with E-state index in [1.54, 1.807) is 6.07 Å². The summed E-state index contributed by atoms with van der Waals surface area (Å²) in [7, 11) is 0. The summed E-state index contributed by atoms with van der Waals surface area (Å²) in [6.07, 6.45) is 0. The molecule has 0 fully saturated rings. The quantitative estimate of drug-likeness (QED) is 0.149. The van der Waals surface area contributed by atoms with Crippen LogP contribution in [0, 0.1) is 10.7 Å². The molecule has 12 rings (SSSR count). The molecule has 8 aromatic carbocycles. The summed E-state index contributed by atoms with van der Waals surface area (Å²) in [5, 5.41) is 0. The Morgan fingerprint density at radius 1 is 0.549 bits per heavy atom. The molecule has 0 unspecified atom stereocenters. The maximum atomic E-state index is 9.37. The predicted octanol–water partition coefficient (Wildman–Crippen LogP) is 15.6. The second-order valence-electron chi connectivity index (χ2n) is 20.3. The minimum absolute atomic E-state index is 0.0336. The summed E-state index contributed by atoms with van der Waals surface area (Å²) in [5.74, 6) is 1.64. The Kier molecular flexibility index (Phi) is 8.80. The summed E-state index contributed by atoms with van der Waals surface area (Å²) in [5.41, 5.74) is 12.1. The van der Waals surface area contributed by atoms with E-state index < -0.39 is 37.1 Å². The van der Waals surface area contributed by atoms with Gasteiger partial charge in [-0.3, -0.25) is 0 Å². The van der Waals surface area contributed by atoms with Gasteiger partial charge in [0, 0.05) is 11.3 Å². The number of rotatable bonds is 7. The van der Waals surface area contributed by atoms with Crippen LogP contribution in [0.1, 0.15) is 69.2 Å². The van der Waals surface area contributed by atoms with Gasteiger partial charge in [-0.1, -0.05) is 54.6 Å². The molecule has 350 valence electrons. The summed E-state index contributed by atoms with van der Waals surface area (Å²) in [4.78, 5) is 9.89. The number of hydrogen-bond donors (Lipinski definition) is 0. The van der Waals surface area contributed by atoms with Gasteiger partial charge in [0.1, 0.15) is 0 Å². The molecule has 0 saturated carbocycles. The number of ether oxygens (including phenoxy) is 1. The van der Waals surface area contributed by atoms with E-state index in [-0.39, 0.29) is 34.5 Å². The second-order valence-corrected chi connectivity index (χ2v) is 21.3. The van der Waals surface area contributed by atoms with E-state index in [2.05, 4.69) is 166 Å². The Morgan fingerprint density at radius 2 is 1.15 bits per heavy atom. The van der Waals surface area contributed by atoms with Gasteiger partial charge in [-0.05, 0) is 17.7 Å². The number of imidazole rings is 1. The average Bonchev–Trinajstić information content (AvgIpc) is 4.07. The molecule has 2 aromatic heterocycles. The monoisotopic (exact) mass is 1110 g/mol. The molecule has 0 radical (unpaired) electrons. The van der Waals surface area contributed by atoms with Crippen LogP contribution in [0.15, 0.2) is 200 Å². The van der Waals surface area contributed by atoms with Crippen LogP contribution in [-0.2, 0) is 30.2 Å². The molecule has 0 atom stereocenters. The number of benzene rings is 8. The number of pyridine rings is 1. The number of hydrogen-bond acceptors (Lipinski definition) is 4. The van der Waals surface area contributed by atoms with Crippen LogP contribution in [-0.4, -0.2) is 21.1 Å². The summed E-state index contributed by atoms with van der Waals surface area (Å²) in [6.45, 7) is 9.99. The standard InChI is InChI=1S/C63H54BN5O.Pt/c1-42-35-51(43-21-9-8-10-22-43)61(52(36-42)44-37-45(62(2,3)4)39-46(38-44)63(5,6)7)67-41-66(55-29-15-16-30-56(55)67)47-23-19-24-48(40-47)70-60-34-20-33-59(65-60)69-58-32-18-17-31-57(58)68-54-28-14-12-26-50(54)49-25-11-13-27-53(49)64(68)69;/h8-40H,1-7H3;/i1D3,8D,9D,10D,21D,22D;. The third kappa shape index (κ3) is 7.70. The number of aromatic nitrogens is 3. The van der Waals surface area contributed by atoms with Crippen molar-refractivity contribution >= 4 is 46.4 Å². The molecule has 71 heavy (non-hydrogen) atoms. The average molecular weight is 1110 g/mol. The molecular formula is C63H54BN5OPt. The van der Waals surface area contributed by atoms with Crippen LogP contribution in [0.25, 0.3) is 55.8 Å². The van der Waals surface area contributed by atoms with Crippen molar-refractivity contribution in [2.75, 3.05) is 9.62 Å². The van der Waals surface area contributed by atoms with Crippen LogP contribution < -0.4 is 19.8 Å². The number of para-hydroxylation sites is 5. The van der Waals surface area contributed by atoms with Crippen molar-refractivity contribution in [2.24, 2.45) is 0 Å². The zero-order valence-electron chi connectivity index (χ0n) is 48.2. The van der Waals surface area contributed by atoms with Crippen molar-refractivity contribution in [1.29, 1.82) is 0 Å². The molecule has 8 heteroatoms. The number of anilines is 4. The molecule has 0 amide bonds. The minimum atomic E-state index is -2.64. The van der Waals surface area contributed by atoms with Crippen molar-refractivity contribution in [2.45, 2.75) is 59.2 Å². The van der Waals surface area contributed by atoms with E-state index in [1.807, 2.05) is 71.3 Å². The van der Waals surface area contributed by atoms with Gasteiger partial charge in [0.2, 0.25) is 0 Å². The molecule has 4 heterocycles. The first kappa shape index (κ1) is 36.5. The van der Waals surface area contributed by atoms with E-state index in [4.69, 9.17) is 17.9 Å².